The number of hydrogen-bond donors (Lipinski definition) is 2. The second kappa shape index (κ2) is 14.9. The lowest BCUT2D eigenvalue weighted by Crippen LogP contribution is -2.38. The maximum absolute atomic E-state index is 13.4. The lowest BCUT2D eigenvalue weighted by Gasteiger charge is -2.30. The largest absolute Gasteiger partial charge is 0.497 e. The number of amides is 1. The van der Waals surface area contributed by atoms with Crippen molar-refractivity contribution >= 4 is 32.7 Å². The molecule has 0 radical (unpaired) electrons. The highest BCUT2D eigenvalue weighted by atomic mass is 32.2. The monoisotopic (exact) mass is 665 g/mol. The third kappa shape index (κ3) is 7.88. The first-order chi connectivity index (χ1) is 22.6. The maximum Gasteiger partial charge on any atom is 0.286 e. The molecule has 4 aromatic rings. The van der Waals surface area contributed by atoms with Gasteiger partial charge in [-0.3, -0.25) is 14.2 Å². The predicted octanol–water partition coefficient (Wildman–Crippen LogP) is 4.18. The Kier molecular flexibility index (Phi) is 10.7. The summed E-state index contributed by atoms with van der Waals surface area (Å²) in [5.41, 5.74) is 2.20. The Bertz CT molecular complexity index is 1860. The van der Waals surface area contributed by atoms with Crippen molar-refractivity contribution in [2.24, 2.45) is 0 Å². The molecule has 1 aromatic heterocycles. The molecule has 5 rings (SSSR count). The van der Waals surface area contributed by atoms with Crippen LogP contribution < -0.4 is 10.1 Å². The Morgan fingerprint density at radius 1 is 1.06 bits per heavy atom. The lowest BCUT2D eigenvalue weighted by atomic mass is 9.92. The van der Waals surface area contributed by atoms with Crippen LogP contribution in [0.25, 0.3) is 10.9 Å². The fourth-order valence-corrected chi connectivity index (χ4v) is 6.83. The van der Waals surface area contributed by atoms with Gasteiger partial charge in [0.05, 0.1) is 30.7 Å². The molecule has 0 unspecified atom stereocenters. The minimum absolute atomic E-state index is 0.00825. The molecule has 11 nitrogen and oxygen atoms in total. The third-order valence-corrected chi connectivity index (χ3v) is 9.73. The molecule has 2 N–H and O–H groups in total. The number of allylic oxidation sites excluding steroid dienone is 1. The summed E-state index contributed by atoms with van der Waals surface area (Å²) in [5.74, 6) is -0.988. The number of fused-ring (bicyclic) bond motifs is 1. The fourth-order valence-electron chi connectivity index (χ4n) is 5.42. The molecule has 0 saturated heterocycles. The first-order valence-corrected chi connectivity index (χ1v) is 16.4. The topological polar surface area (TPSA) is 136 Å². The molecule has 0 bridgehead atoms. The average molecular weight is 666 g/mol. The number of sulfonamides is 1. The smallest absolute Gasteiger partial charge is 0.286 e. The number of para-hydroxylation sites is 1. The molecule has 0 saturated carbocycles. The molecule has 13 heteroatoms. The number of methoxy groups -OCH3 is 1. The SMILES string of the molecule is COc1ccc(S(=O)(=O)N(CCO)CCO[C@@H]2C[C@H](c3cn(C(C)=O)c4ccccc34)C=C(C(=O)NCc3ccc(F)cc3)O2)cc1. The summed E-state index contributed by atoms with van der Waals surface area (Å²) in [5, 5.41) is 13.2. The van der Waals surface area contributed by atoms with E-state index in [9.17, 15) is 27.5 Å². The number of hydrogen-bond acceptors (Lipinski definition) is 8. The number of nitrogens with one attached hydrogen (secondary N) is 1. The van der Waals surface area contributed by atoms with Gasteiger partial charge in [-0.1, -0.05) is 30.3 Å². The number of aliphatic hydroxyl groups is 1. The van der Waals surface area contributed by atoms with E-state index in [-0.39, 0.29) is 55.0 Å². The molecule has 1 aliphatic rings. The molecule has 1 amide bonds. The summed E-state index contributed by atoms with van der Waals surface area (Å²) >= 11 is 0. The summed E-state index contributed by atoms with van der Waals surface area (Å²) in [6, 6.07) is 19.1. The van der Waals surface area contributed by atoms with Crippen molar-refractivity contribution in [3.63, 3.8) is 0 Å². The number of aliphatic hydroxyl groups excluding tert-OH is 1. The minimum Gasteiger partial charge on any atom is -0.497 e. The van der Waals surface area contributed by atoms with Crippen molar-refractivity contribution < 1.29 is 41.7 Å². The highest BCUT2D eigenvalue weighted by Gasteiger charge is 2.32. The second-order valence-electron chi connectivity index (χ2n) is 10.9. The average Bonchev–Trinajstić information content (AvgIpc) is 3.48. The van der Waals surface area contributed by atoms with Gasteiger partial charge in [-0.2, -0.15) is 4.31 Å². The van der Waals surface area contributed by atoms with Crippen LogP contribution in [-0.4, -0.2) is 73.9 Å². The van der Waals surface area contributed by atoms with E-state index in [4.69, 9.17) is 14.2 Å². The van der Waals surface area contributed by atoms with Crippen LogP contribution in [0, 0.1) is 5.82 Å². The van der Waals surface area contributed by atoms with Crippen molar-refractivity contribution in [2.75, 3.05) is 33.4 Å². The van der Waals surface area contributed by atoms with Gasteiger partial charge >= 0.3 is 0 Å². The van der Waals surface area contributed by atoms with Crippen molar-refractivity contribution in [1.29, 1.82) is 0 Å². The molecular formula is C34H36FN3O8S. The first-order valence-electron chi connectivity index (χ1n) is 15.0. The van der Waals surface area contributed by atoms with E-state index in [2.05, 4.69) is 5.32 Å². The first kappa shape index (κ1) is 33.8. The highest BCUT2D eigenvalue weighted by molar-refractivity contribution is 7.89. The van der Waals surface area contributed by atoms with E-state index in [1.807, 2.05) is 24.3 Å². The van der Waals surface area contributed by atoms with Crippen molar-refractivity contribution in [3.05, 3.63) is 108 Å². The number of aromatic nitrogens is 1. The zero-order valence-corrected chi connectivity index (χ0v) is 26.8. The Morgan fingerprint density at radius 2 is 1.79 bits per heavy atom. The summed E-state index contributed by atoms with van der Waals surface area (Å²) in [4.78, 5) is 25.8. The van der Waals surface area contributed by atoms with Gasteiger partial charge in [0.2, 0.25) is 22.2 Å². The van der Waals surface area contributed by atoms with Crippen molar-refractivity contribution in [2.45, 2.75) is 37.0 Å². The number of benzene rings is 3. The van der Waals surface area contributed by atoms with Gasteiger partial charge in [-0.15, -0.1) is 0 Å². The summed E-state index contributed by atoms with van der Waals surface area (Å²) in [6.07, 6.45) is 2.75. The molecule has 2 atom stereocenters. The van der Waals surface area contributed by atoms with Crippen LogP contribution in [0.1, 0.15) is 35.2 Å². The Labute approximate surface area is 272 Å². The molecular weight excluding hydrogens is 629 g/mol. The van der Waals surface area contributed by atoms with Crippen LogP contribution in [0.4, 0.5) is 4.39 Å². The fraction of sp³-hybridized carbons (Fsp3) is 0.294. The Balaban J connectivity index is 1.36. The van der Waals surface area contributed by atoms with Crippen LogP contribution in [0.3, 0.4) is 0 Å². The number of carbonyl (C=O) groups is 2. The van der Waals surface area contributed by atoms with Gasteiger partial charge in [0.25, 0.3) is 5.91 Å². The lowest BCUT2D eigenvalue weighted by molar-refractivity contribution is -0.146. The van der Waals surface area contributed by atoms with Crippen LogP contribution >= 0.6 is 0 Å². The Morgan fingerprint density at radius 3 is 2.47 bits per heavy atom. The molecule has 1 aliphatic heterocycles. The van der Waals surface area contributed by atoms with E-state index in [0.29, 0.717) is 11.3 Å². The quantitative estimate of drug-likeness (QED) is 0.217. The van der Waals surface area contributed by atoms with Crippen LogP contribution in [0.2, 0.25) is 0 Å². The van der Waals surface area contributed by atoms with Gasteiger partial charge < -0.3 is 24.6 Å². The van der Waals surface area contributed by atoms with Gasteiger partial charge in [0.1, 0.15) is 11.6 Å². The molecule has 248 valence electrons. The standard InChI is InChI=1S/C34H36FN3O8S/c1-23(40)38-22-30(29-5-3-4-6-31(29)38)25-19-32(34(41)36-21-24-7-9-26(35)10-8-24)46-33(20-25)45-18-16-37(15-17-39)47(42,43)28-13-11-27(44-2)12-14-28/h3-14,19,22,25,33,39H,15-18,20-21H2,1-2H3,(H,36,41)/t25-,33+/m1/s1. The highest BCUT2D eigenvalue weighted by Crippen LogP contribution is 2.36. The Hall–Kier alpha value is -4.56. The molecule has 0 spiro atoms. The molecule has 0 fully saturated rings. The number of carbonyl (C=O) groups excluding carboxylic acids is 2. The minimum atomic E-state index is -3.97. The molecule has 47 heavy (non-hydrogen) atoms. The van der Waals surface area contributed by atoms with Gasteiger partial charge in [-0.05, 0) is 59.7 Å². The summed E-state index contributed by atoms with van der Waals surface area (Å²) < 4.78 is 59.8. The zero-order valence-electron chi connectivity index (χ0n) is 26.0. The van der Waals surface area contributed by atoms with Crippen LogP contribution in [0.5, 0.6) is 5.75 Å². The van der Waals surface area contributed by atoms with Gasteiger partial charge in [0, 0.05) is 50.5 Å². The van der Waals surface area contributed by atoms with Crippen LogP contribution in [-0.2, 0) is 30.8 Å². The molecule has 3 aromatic carbocycles. The third-order valence-electron chi connectivity index (χ3n) is 7.82. The van der Waals surface area contributed by atoms with Crippen molar-refractivity contribution in [1.82, 2.24) is 14.2 Å². The maximum atomic E-state index is 13.4. The molecule has 0 aliphatic carbocycles. The van der Waals surface area contributed by atoms with E-state index in [0.717, 1.165) is 20.8 Å². The van der Waals surface area contributed by atoms with Crippen molar-refractivity contribution in [3.8, 4) is 5.75 Å². The van der Waals surface area contributed by atoms with Gasteiger partial charge in [-0.25, -0.2) is 12.8 Å². The molecule has 2 heterocycles. The van der Waals surface area contributed by atoms with Gasteiger partial charge in [0.15, 0.2) is 5.76 Å². The predicted molar refractivity (Wildman–Crippen MR) is 172 cm³/mol. The van der Waals surface area contributed by atoms with E-state index >= 15 is 0 Å². The summed E-state index contributed by atoms with van der Waals surface area (Å²) in [7, 11) is -2.49. The number of rotatable bonds is 13. The summed E-state index contributed by atoms with van der Waals surface area (Å²) in [6.45, 7) is 0.824. The second-order valence-corrected chi connectivity index (χ2v) is 12.8. The number of nitrogens with zero attached hydrogens (tertiary/aromatic N) is 2. The van der Waals surface area contributed by atoms with E-state index in [1.54, 1.807) is 29.0 Å². The number of ether oxygens (including phenoxy) is 3. The number of halogens is 1. The van der Waals surface area contributed by atoms with E-state index < -0.39 is 34.7 Å². The van der Waals surface area contributed by atoms with Crippen LogP contribution in [0.15, 0.2) is 95.7 Å². The zero-order chi connectivity index (χ0) is 33.6. The normalized spacial score (nSPS) is 16.5. The van der Waals surface area contributed by atoms with E-state index in [1.165, 1.54) is 50.4 Å².